The zero-order valence-corrected chi connectivity index (χ0v) is 15.6. The lowest BCUT2D eigenvalue weighted by Crippen LogP contribution is -2.14. The number of nitrogens with zero attached hydrogens (tertiary/aromatic N) is 1. The van der Waals surface area contributed by atoms with Crippen molar-refractivity contribution in [1.82, 2.24) is 4.98 Å². The third-order valence-electron chi connectivity index (χ3n) is 4.77. The average Bonchev–Trinajstić information content (AvgIpc) is 3.25. The quantitative estimate of drug-likeness (QED) is 0.658. The normalized spacial score (nSPS) is 15.7. The molecule has 3 N–H and O–H groups in total. The van der Waals surface area contributed by atoms with Crippen molar-refractivity contribution in [2.45, 2.75) is 32.1 Å². The Morgan fingerprint density at radius 3 is 2.77 bits per heavy atom. The molecule has 8 heteroatoms. The molecule has 134 valence electrons. The molecule has 1 aliphatic carbocycles. The van der Waals surface area contributed by atoms with Crippen molar-refractivity contribution in [3.05, 3.63) is 28.1 Å². The molecule has 0 saturated carbocycles. The van der Waals surface area contributed by atoms with E-state index in [1.807, 2.05) is 12.1 Å². The fraction of sp³-hybridized carbons (Fsp3) is 0.333. The highest BCUT2D eigenvalue weighted by molar-refractivity contribution is 7.23. The molecular formula is C18H17N3O3S2. The summed E-state index contributed by atoms with van der Waals surface area (Å²) in [6.45, 7) is 0.250. The fourth-order valence-corrected chi connectivity index (χ4v) is 5.80. The summed E-state index contributed by atoms with van der Waals surface area (Å²) in [6, 6.07) is 3.83. The molecule has 0 bridgehead atoms. The Kier molecular flexibility index (Phi) is 3.75. The number of anilines is 2. The number of fused-ring (bicyclic) bond motifs is 3. The van der Waals surface area contributed by atoms with Crippen molar-refractivity contribution < 1.29 is 14.3 Å². The molecule has 1 aromatic carbocycles. The largest absolute Gasteiger partial charge is 0.454 e. The molecule has 0 unspecified atom stereocenters. The summed E-state index contributed by atoms with van der Waals surface area (Å²) in [5.74, 6) is 1.09. The molecule has 0 atom stereocenters. The lowest BCUT2D eigenvalue weighted by Gasteiger charge is -2.04. The molecule has 2 aliphatic rings. The van der Waals surface area contributed by atoms with Crippen LogP contribution in [0.25, 0.3) is 10.2 Å². The van der Waals surface area contributed by atoms with Gasteiger partial charge in [-0.3, -0.25) is 4.79 Å². The van der Waals surface area contributed by atoms with E-state index in [9.17, 15) is 4.79 Å². The highest BCUT2D eigenvalue weighted by atomic mass is 32.1. The van der Waals surface area contributed by atoms with Crippen molar-refractivity contribution in [2.75, 3.05) is 12.1 Å². The molecule has 6 nitrogen and oxygen atoms in total. The topological polar surface area (TPSA) is 86.5 Å². The van der Waals surface area contributed by atoms with Gasteiger partial charge in [-0.1, -0.05) is 17.8 Å². The van der Waals surface area contributed by atoms with Gasteiger partial charge in [0.2, 0.25) is 6.79 Å². The van der Waals surface area contributed by atoms with Gasteiger partial charge in [0.1, 0.15) is 5.00 Å². The number of thiophene rings is 1. The van der Waals surface area contributed by atoms with Crippen LogP contribution < -0.4 is 20.5 Å². The molecule has 0 fully saturated rings. The number of carbonyl (C=O) groups is 1. The number of primary amides is 1. The van der Waals surface area contributed by atoms with Crippen LogP contribution in [0.4, 0.5) is 10.1 Å². The first-order valence-corrected chi connectivity index (χ1v) is 10.2. The number of thiazole rings is 1. The number of hydrogen-bond acceptors (Lipinski definition) is 7. The van der Waals surface area contributed by atoms with Gasteiger partial charge in [0.05, 0.1) is 15.8 Å². The van der Waals surface area contributed by atoms with E-state index in [4.69, 9.17) is 15.2 Å². The summed E-state index contributed by atoms with van der Waals surface area (Å²) < 4.78 is 11.9. The van der Waals surface area contributed by atoms with Gasteiger partial charge in [0.25, 0.3) is 5.91 Å². The first-order valence-electron chi connectivity index (χ1n) is 8.60. The van der Waals surface area contributed by atoms with Crippen LogP contribution in [0.5, 0.6) is 11.5 Å². The van der Waals surface area contributed by atoms with E-state index < -0.39 is 0 Å². The molecule has 0 spiro atoms. The number of nitrogens with one attached hydrogen (secondary N) is 1. The highest BCUT2D eigenvalue weighted by Gasteiger charge is 2.24. The first-order chi connectivity index (χ1) is 12.7. The molecule has 5 rings (SSSR count). The van der Waals surface area contributed by atoms with Crippen LogP contribution in [-0.2, 0) is 12.8 Å². The maximum Gasteiger partial charge on any atom is 0.251 e. The number of ether oxygens (including phenoxy) is 2. The van der Waals surface area contributed by atoms with E-state index in [0.717, 1.165) is 63.1 Å². The molecule has 0 saturated heterocycles. The molecule has 26 heavy (non-hydrogen) atoms. The smallest absolute Gasteiger partial charge is 0.251 e. The van der Waals surface area contributed by atoms with Crippen molar-refractivity contribution >= 4 is 48.9 Å². The van der Waals surface area contributed by atoms with Gasteiger partial charge in [-0.15, -0.1) is 11.3 Å². The van der Waals surface area contributed by atoms with Crippen LogP contribution in [0.2, 0.25) is 0 Å². The Morgan fingerprint density at radius 2 is 1.92 bits per heavy atom. The van der Waals surface area contributed by atoms with Gasteiger partial charge in [0, 0.05) is 17.0 Å². The molecular weight excluding hydrogens is 370 g/mol. The van der Waals surface area contributed by atoms with Crippen LogP contribution in [0.15, 0.2) is 12.1 Å². The standard InChI is InChI=1S/C18H17N3O3S2/c19-16(22)15-9-4-2-1-3-5-13(9)25-17(15)21-18-20-10-6-11-12(24-8-23-11)7-14(10)26-18/h6-7H,1-5,8H2,(H2,19,22)(H,20,21). The lowest BCUT2D eigenvalue weighted by molar-refractivity contribution is 0.100. The highest BCUT2D eigenvalue weighted by Crippen LogP contribution is 2.42. The number of aromatic nitrogens is 1. The summed E-state index contributed by atoms with van der Waals surface area (Å²) in [7, 11) is 0. The monoisotopic (exact) mass is 387 g/mol. The molecule has 1 aliphatic heterocycles. The Bertz CT molecular complexity index is 984. The van der Waals surface area contributed by atoms with Crippen molar-refractivity contribution in [2.24, 2.45) is 5.73 Å². The van der Waals surface area contributed by atoms with E-state index in [0.29, 0.717) is 5.56 Å². The molecule has 3 aromatic rings. The molecule has 3 heterocycles. The minimum Gasteiger partial charge on any atom is -0.454 e. The lowest BCUT2D eigenvalue weighted by atomic mass is 10.1. The zero-order valence-electron chi connectivity index (χ0n) is 14.0. The second-order valence-electron chi connectivity index (χ2n) is 6.45. The summed E-state index contributed by atoms with van der Waals surface area (Å²) in [4.78, 5) is 18.0. The van der Waals surface area contributed by atoms with Gasteiger partial charge in [0.15, 0.2) is 16.6 Å². The van der Waals surface area contributed by atoms with Crippen molar-refractivity contribution in [1.29, 1.82) is 0 Å². The van der Waals surface area contributed by atoms with Crippen molar-refractivity contribution in [3.63, 3.8) is 0 Å². The average molecular weight is 387 g/mol. The zero-order chi connectivity index (χ0) is 17.7. The molecule has 2 aromatic heterocycles. The van der Waals surface area contributed by atoms with Crippen LogP contribution in [0, 0.1) is 0 Å². The van der Waals surface area contributed by atoms with E-state index in [1.165, 1.54) is 22.6 Å². The number of nitrogens with two attached hydrogens (primary N) is 1. The maximum atomic E-state index is 12.1. The van der Waals surface area contributed by atoms with Gasteiger partial charge in [-0.05, 0) is 31.2 Å². The van der Waals surface area contributed by atoms with Gasteiger partial charge >= 0.3 is 0 Å². The van der Waals surface area contributed by atoms with Crippen molar-refractivity contribution in [3.8, 4) is 11.5 Å². The van der Waals surface area contributed by atoms with Crippen LogP contribution >= 0.6 is 22.7 Å². The van der Waals surface area contributed by atoms with E-state index >= 15 is 0 Å². The number of amides is 1. The third kappa shape index (κ3) is 2.60. The minimum absolute atomic E-state index is 0.250. The van der Waals surface area contributed by atoms with E-state index in [2.05, 4.69) is 10.3 Å². The summed E-state index contributed by atoms with van der Waals surface area (Å²) >= 11 is 3.16. The Morgan fingerprint density at radius 1 is 1.12 bits per heavy atom. The predicted molar refractivity (Wildman–Crippen MR) is 103 cm³/mol. The third-order valence-corrected chi connectivity index (χ3v) is 6.91. The Balaban J connectivity index is 1.53. The van der Waals surface area contributed by atoms with Gasteiger partial charge in [-0.25, -0.2) is 4.98 Å². The molecule has 0 radical (unpaired) electrons. The van der Waals surface area contributed by atoms with E-state index in [-0.39, 0.29) is 12.7 Å². The van der Waals surface area contributed by atoms with Gasteiger partial charge < -0.3 is 20.5 Å². The second kappa shape index (κ2) is 6.14. The number of benzene rings is 1. The number of carbonyl (C=O) groups excluding carboxylic acids is 1. The van der Waals surface area contributed by atoms with Crippen LogP contribution in [-0.4, -0.2) is 17.7 Å². The van der Waals surface area contributed by atoms with Crippen LogP contribution in [0.3, 0.4) is 0 Å². The second-order valence-corrected chi connectivity index (χ2v) is 8.59. The van der Waals surface area contributed by atoms with Gasteiger partial charge in [-0.2, -0.15) is 0 Å². The summed E-state index contributed by atoms with van der Waals surface area (Å²) in [5.41, 5.74) is 8.32. The molecule has 1 amide bonds. The Hall–Kier alpha value is -2.32. The number of hydrogen-bond donors (Lipinski definition) is 2. The van der Waals surface area contributed by atoms with E-state index in [1.54, 1.807) is 11.3 Å². The minimum atomic E-state index is -0.367. The summed E-state index contributed by atoms with van der Waals surface area (Å²) in [5, 5.41) is 4.89. The Labute approximate surface area is 157 Å². The summed E-state index contributed by atoms with van der Waals surface area (Å²) in [6.07, 6.45) is 5.42. The number of rotatable bonds is 3. The maximum absolute atomic E-state index is 12.1. The van der Waals surface area contributed by atoms with Crippen LogP contribution in [0.1, 0.15) is 40.1 Å². The fourth-order valence-electron chi connectivity index (χ4n) is 3.56. The number of aryl methyl sites for hydroxylation is 1. The SMILES string of the molecule is NC(=O)c1c(Nc2nc3cc4c(cc3s2)OCO4)sc2c1CCCCC2. The first kappa shape index (κ1) is 15.9. The predicted octanol–water partition coefficient (Wildman–Crippen LogP) is 4.20.